The van der Waals surface area contributed by atoms with Gasteiger partial charge in [-0.25, -0.2) is 4.79 Å². The van der Waals surface area contributed by atoms with E-state index in [4.69, 9.17) is 9.47 Å². The quantitative estimate of drug-likeness (QED) is 0.407. The third-order valence-electron chi connectivity index (χ3n) is 6.49. The molecule has 1 N–H and O–H groups in total. The number of carbonyl (C=O) groups excluding carboxylic acids is 2. The van der Waals surface area contributed by atoms with Gasteiger partial charge in [-0.05, 0) is 41.8 Å². The predicted molar refractivity (Wildman–Crippen MR) is 139 cm³/mol. The van der Waals surface area contributed by atoms with Gasteiger partial charge in [0.15, 0.2) is 0 Å². The summed E-state index contributed by atoms with van der Waals surface area (Å²) in [6.07, 6.45) is -2.46. The smallest absolute Gasteiger partial charge is 0.432 e. The minimum absolute atomic E-state index is 0.285. The van der Waals surface area contributed by atoms with Crippen LogP contribution in [-0.4, -0.2) is 40.3 Å². The van der Waals surface area contributed by atoms with E-state index in [1.165, 1.54) is 0 Å². The van der Waals surface area contributed by atoms with Gasteiger partial charge in [0, 0.05) is 11.0 Å². The van der Waals surface area contributed by atoms with Crippen molar-refractivity contribution in [3.8, 4) is 5.75 Å². The number of amides is 2. The van der Waals surface area contributed by atoms with E-state index >= 15 is 0 Å². The van der Waals surface area contributed by atoms with Crippen molar-refractivity contribution in [3.05, 3.63) is 100 Å². The Balaban J connectivity index is 1.67. The van der Waals surface area contributed by atoms with Crippen LogP contribution in [0.3, 0.4) is 0 Å². The Hall–Kier alpha value is -3.20. The first-order valence-electron chi connectivity index (χ1n) is 11.7. The Bertz CT molecular complexity index is 1200. The number of nitrogens with zero attached hydrogens (tertiary/aromatic N) is 2. The fraction of sp³-hybridized carbons (Fsp3) is 0.286. The SMILES string of the molecule is COc1ccc(CN2[C@@H](C)[C@@H](c3ccccc3)OC(=O)N2C(=O)[C@@H](C)[C@H](O)c2ccccc2Br)cc1. The highest BCUT2D eigenvalue weighted by Crippen LogP contribution is 2.36. The zero-order valence-corrected chi connectivity index (χ0v) is 22.0. The number of imide groups is 1. The van der Waals surface area contributed by atoms with E-state index in [9.17, 15) is 14.7 Å². The second-order valence-corrected chi connectivity index (χ2v) is 9.66. The number of cyclic esters (lactones) is 1. The first kappa shape index (κ1) is 25.9. The van der Waals surface area contributed by atoms with E-state index < -0.39 is 30.1 Å². The van der Waals surface area contributed by atoms with Crippen LogP contribution >= 0.6 is 15.9 Å². The van der Waals surface area contributed by atoms with Crippen molar-refractivity contribution in [2.75, 3.05) is 7.11 Å². The fourth-order valence-electron chi connectivity index (χ4n) is 4.35. The summed E-state index contributed by atoms with van der Waals surface area (Å²) in [6, 6.07) is 23.7. The van der Waals surface area contributed by atoms with E-state index in [0.29, 0.717) is 15.8 Å². The second kappa shape index (κ2) is 11.2. The van der Waals surface area contributed by atoms with Gasteiger partial charge in [0.05, 0.1) is 25.2 Å². The maximum atomic E-state index is 13.7. The molecule has 0 unspecified atom stereocenters. The Morgan fingerprint density at radius 2 is 1.69 bits per heavy atom. The number of ether oxygens (including phenoxy) is 2. The highest BCUT2D eigenvalue weighted by atomic mass is 79.9. The van der Waals surface area contributed by atoms with Gasteiger partial charge >= 0.3 is 6.09 Å². The molecule has 8 heteroatoms. The molecule has 0 spiro atoms. The number of aliphatic hydroxyl groups excluding tert-OH is 1. The number of hydrogen-bond donors (Lipinski definition) is 1. The van der Waals surface area contributed by atoms with Crippen molar-refractivity contribution < 1.29 is 24.2 Å². The van der Waals surface area contributed by atoms with Crippen LogP contribution in [-0.2, 0) is 16.1 Å². The monoisotopic (exact) mass is 552 g/mol. The summed E-state index contributed by atoms with van der Waals surface area (Å²) in [6.45, 7) is 3.81. The van der Waals surface area contributed by atoms with Crippen molar-refractivity contribution in [2.45, 2.75) is 38.6 Å². The fourth-order valence-corrected chi connectivity index (χ4v) is 4.87. The molecule has 0 aromatic heterocycles. The van der Waals surface area contributed by atoms with Crippen LogP contribution in [0, 0.1) is 5.92 Å². The Kier molecular flexibility index (Phi) is 8.08. The highest BCUT2D eigenvalue weighted by Gasteiger charge is 2.45. The van der Waals surface area contributed by atoms with Crippen LogP contribution in [0.25, 0.3) is 0 Å². The lowest BCUT2D eigenvalue weighted by Crippen LogP contribution is -2.61. The van der Waals surface area contributed by atoms with Crippen LogP contribution in [0.5, 0.6) is 5.75 Å². The first-order valence-corrected chi connectivity index (χ1v) is 12.5. The lowest BCUT2D eigenvalue weighted by Gasteiger charge is -2.45. The summed E-state index contributed by atoms with van der Waals surface area (Å²) in [7, 11) is 1.60. The molecule has 1 saturated heterocycles. The molecule has 1 aliphatic rings. The number of hydrogen-bond acceptors (Lipinski definition) is 6. The number of rotatable bonds is 7. The minimum Gasteiger partial charge on any atom is -0.497 e. The van der Waals surface area contributed by atoms with E-state index in [-0.39, 0.29) is 12.6 Å². The van der Waals surface area contributed by atoms with Crippen molar-refractivity contribution >= 4 is 27.9 Å². The maximum absolute atomic E-state index is 13.7. The molecule has 1 heterocycles. The number of hydrazine groups is 1. The van der Waals surface area contributed by atoms with Crippen LogP contribution in [0.2, 0.25) is 0 Å². The van der Waals surface area contributed by atoms with Gasteiger partial charge in [-0.1, -0.05) is 83.5 Å². The molecule has 3 aromatic carbocycles. The molecule has 3 aromatic rings. The van der Waals surface area contributed by atoms with E-state index in [0.717, 1.165) is 16.1 Å². The van der Waals surface area contributed by atoms with Gasteiger partial charge in [0.1, 0.15) is 11.9 Å². The van der Waals surface area contributed by atoms with Gasteiger partial charge in [0.2, 0.25) is 0 Å². The number of aliphatic hydroxyl groups is 1. The average molecular weight is 553 g/mol. The van der Waals surface area contributed by atoms with Crippen LogP contribution in [0.15, 0.2) is 83.3 Å². The predicted octanol–water partition coefficient (Wildman–Crippen LogP) is 5.65. The molecule has 0 bridgehead atoms. The lowest BCUT2D eigenvalue weighted by molar-refractivity contribution is -0.177. The zero-order chi connectivity index (χ0) is 25.8. The van der Waals surface area contributed by atoms with Crippen LogP contribution < -0.4 is 4.74 Å². The number of halogens is 1. The molecule has 1 aliphatic heterocycles. The Morgan fingerprint density at radius 1 is 1.06 bits per heavy atom. The molecule has 7 nitrogen and oxygen atoms in total. The van der Waals surface area contributed by atoms with E-state index in [2.05, 4.69) is 15.9 Å². The molecule has 4 rings (SSSR count). The van der Waals surface area contributed by atoms with E-state index in [1.807, 2.05) is 67.6 Å². The summed E-state index contributed by atoms with van der Waals surface area (Å²) in [4.78, 5) is 27.0. The van der Waals surface area contributed by atoms with Gasteiger partial charge in [-0.2, -0.15) is 10.0 Å². The minimum atomic E-state index is -1.12. The molecule has 1 fully saturated rings. The number of benzene rings is 3. The number of carbonyl (C=O) groups is 2. The average Bonchev–Trinajstić information content (AvgIpc) is 2.90. The largest absolute Gasteiger partial charge is 0.497 e. The summed E-state index contributed by atoms with van der Waals surface area (Å²) < 4.78 is 11.7. The van der Waals surface area contributed by atoms with Gasteiger partial charge in [-0.3, -0.25) is 4.79 Å². The third kappa shape index (κ3) is 5.31. The van der Waals surface area contributed by atoms with Gasteiger partial charge < -0.3 is 14.6 Å². The van der Waals surface area contributed by atoms with Crippen LogP contribution in [0.4, 0.5) is 4.79 Å². The molecular formula is C28H29BrN2O5. The number of methoxy groups -OCH3 is 1. The summed E-state index contributed by atoms with van der Waals surface area (Å²) in [5.74, 6) is -0.740. The summed E-state index contributed by atoms with van der Waals surface area (Å²) in [5, 5.41) is 13.8. The topological polar surface area (TPSA) is 79.3 Å². The summed E-state index contributed by atoms with van der Waals surface area (Å²) in [5.41, 5.74) is 2.30. The molecular weight excluding hydrogens is 524 g/mol. The molecule has 0 saturated carbocycles. The molecule has 0 radical (unpaired) electrons. The molecule has 0 aliphatic carbocycles. The van der Waals surface area contributed by atoms with E-state index in [1.54, 1.807) is 37.2 Å². The second-order valence-electron chi connectivity index (χ2n) is 8.81. The summed E-state index contributed by atoms with van der Waals surface area (Å²) >= 11 is 3.44. The van der Waals surface area contributed by atoms with Crippen molar-refractivity contribution in [2.24, 2.45) is 5.92 Å². The molecule has 36 heavy (non-hydrogen) atoms. The Morgan fingerprint density at radius 3 is 2.33 bits per heavy atom. The van der Waals surface area contributed by atoms with Crippen molar-refractivity contribution in [3.63, 3.8) is 0 Å². The third-order valence-corrected chi connectivity index (χ3v) is 7.22. The Labute approximate surface area is 219 Å². The first-order chi connectivity index (χ1) is 17.3. The molecule has 4 atom stereocenters. The van der Waals surface area contributed by atoms with Gasteiger partial charge in [-0.15, -0.1) is 0 Å². The highest BCUT2D eigenvalue weighted by molar-refractivity contribution is 9.10. The van der Waals surface area contributed by atoms with Gasteiger partial charge in [0.25, 0.3) is 5.91 Å². The molecule has 2 amide bonds. The van der Waals surface area contributed by atoms with Crippen molar-refractivity contribution in [1.82, 2.24) is 10.0 Å². The zero-order valence-electron chi connectivity index (χ0n) is 20.4. The lowest BCUT2D eigenvalue weighted by atomic mass is 9.96. The van der Waals surface area contributed by atoms with Crippen molar-refractivity contribution in [1.29, 1.82) is 0 Å². The maximum Gasteiger partial charge on any atom is 0.432 e. The van der Waals surface area contributed by atoms with Crippen LogP contribution in [0.1, 0.15) is 42.7 Å². The molecule has 188 valence electrons. The normalized spacial score (nSPS) is 19.9. The standard InChI is InChI=1S/C28H29BrN2O5/c1-18(25(32)23-11-7-8-12-24(23)29)27(33)31-28(34)36-26(21-9-5-4-6-10-21)19(2)30(31)17-20-13-15-22(35-3)16-14-20/h4-16,18-19,25-26,32H,17H2,1-3H3/t18-,19-,25-,26-/m0/s1.